The van der Waals surface area contributed by atoms with E-state index in [1.807, 2.05) is 0 Å². The second-order valence-electron chi connectivity index (χ2n) is 8.44. The van der Waals surface area contributed by atoms with Crippen LogP contribution in [0.1, 0.15) is 11.1 Å². The second kappa shape index (κ2) is 14.1. The average Bonchev–Trinajstić information content (AvgIpc) is 2.96. The summed E-state index contributed by atoms with van der Waals surface area (Å²) >= 11 is 0. The van der Waals surface area contributed by atoms with E-state index in [1.165, 1.54) is 36.4 Å². The Morgan fingerprint density at radius 3 is 1.35 bits per heavy atom. The normalized spacial score (nSPS) is 10.9. The molecule has 8 heteroatoms. The number of carbonyl (C=O) groups is 2. The standard InChI is InChI=1S/C32H26F2N2O4/c33-25-15-9-23(10-16-25)13-19-31(37)35-27-5-1-3-7-29(27)39-21-22-40-30-8-4-2-6-28(30)36-32(38)20-14-24-11-17-26(34)18-12-24/h1-20H,21-22H2,(H,35,37)(H,36,38). The lowest BCUT2D eigenvalue weighted by Crippen LogP contribution is -2.14. The highest BCUT2D eigenvalue weighted by atomic mass is 19.1. The minimum atomic E-state index is -0.366. The molecule has 4 rings (SSSR count). The van der Waals surface area contributed by atoms with Gasteiger partial charge in [0.25, 0.3) is 0 Å². The number of anilines is 2. The zero-order valence-corrected chi connectivity index (χ0v) is 21.4. The predicted octanol–water partition coefficient (Wildman–Crippen LogP) is 6.73. The van der Waals surface area contributed by atoms with Crippen LogP contribution in [0.5, 0.6) is 11.5 Å². The molecule has 202 valence electrons. The highest BCUT2D eigenvalue weighted by Gasteiger charge is 2.08. The topological polar surface area (TPSA) is 76.7 Å². The zero-order valence-electron chi connectivity index (χ0n) is 21.4. The summed E-state index contributed by atoms with van der Waals surface area (Å²) in [6.07, 6.45) is 5.88. The molecule has 0 radical (unpaired) electrons. The SMILES string of the molecule is O=C(C=Cc1ccc(F)cc1)Nc1ccccc1OCCOc1ccccc1NC(=O)C=Cc1ccc(F)cc1. The van der Waals surface area contributed by atoms with Crippen molar-refractivity contribution in [3.8, 4) is 11.5 Å². The third kappa shape index (κ3) is 8.66. The van der Waals surface area contributed by atoms with Gasteiger partial charge < -0.3 is 20.1 Å². The molecule has 0 aliphatic heterocycles. The quantitative estimate of drug-likeness (QED) is 0.163. The van der Waals surface area contributed by atoms with Gasteiger partial charge in [0.2, 0.25) is 11.8 Å². The fraction of sp³-hybridized carbons (Fsp3) is 0.0625. The van der Waals surface area contributed by atoms with Gasteiger partial charge in [0.05, 0.1) is 11.4 Å². The van der Waals surface area contributed by atoms with Crippen LogP contribution in [-0.4, -0.2) is 25.0 Å². The van der Waals surface area contributed by atoms with Gasteiger partial charge in [0.15, 0.2) is 0 Å². The first-order valence-electron chi connectivity index (χ1n) is 12.4. The summed E-state index contributed by atoms with van der Waals surface area (Å²) in [7, 11) is 0. The van der Waals surface area contributed by atoms with Gasteiger partial charge in [-0.2, -0.15) is 0 Å². The molecule has 0 saturated heterocycles. The smallest absolute Gasteiger partial charge is 0.248 e. The van der Waals surface area contributed by atoms with E-state index in [9.17, 15) is 18.4 Å². The van der Waals surface area contributed by atoms with Crippen molar-refractivity contribution in [3.05, 3.63) is 132 Å². The van der Waals surface area contributed by atoms with E-state index in [0.29, 0.717) is 34.0 Å². The Hall–Kier alpha value is -5.24. The van der Waals surface area contributed by atoms with Crippen molar-refractivity contribution >= 4 is 35.3 Å². The molecule has 0 bridgehead atoms. The molecule has 0 unspecified atom stereocenters. The Morgan fingerprint density at radius 2 is 0.950 bits per heavy atom. The van der Waals surface area contributed by atoms with Crippen molar-refractivity contribution in [1.29, 1.82) is 0 Å². The lowest BCUT2D eigenvalue weighted by atomic mass is 10.2. The van der Waals surface area contributed by atoms with Crippen LogP contribution >= 0.6 is 0 Å². The summed E-state index contributed by atoms with van der Waals surface area (Å²) in [4.78, 5) is 24.8. The van der Waals surface area contributed by atoms with Gasteiger partial charge in [-0.05, 0) is 71.8 Å². The molecule has 0 fully saturated rings. The Balaban J connectivity index is 1.28. The lowest BCUT2D eigenvalue weighted by molar-refractivity contribution is -0.112. The molecule has 2 amide bonds. The van der Waals surface area contributed by atoms with Crippen LogP contribution in [0.25, 0.3) is 12.2 Å². The second-order valence-corrected chi connectivity index (χ2v) is 8.44. The van der Waals surface area contributed by atoms with Crippen LogP contribution in [0.3, 0.4) is 0 Å². The van der Waals surface area contributed by atoms with Crippen molar-refractivity contribution < 1.29 is 27.8 Å². The number of para-hydroxylation sites is 4. The molecule has 0 aromatic heterocycles. The minimum absolute atomic E-state index is 0.172. The Bertz CT molecular complexity index is 1390. The third-order valence-electron chi connectivity index (χ3n) is 5.48. The fourth-order valence-electron chi connectivity index (χ4n) is 3.54. The summed E-state index contributed by atoms with van der Waals surface area (Å²) in [5.41, 5.74) is 2.35. The number of carbonyl (C=O) groups excluding carboxylic acids is 2. The van der Waals surface area contributed by atoms with Crippen molar-refractivity contribution in [2.24, 2.45) is 0 Å². The molecule has 4 aromatic carbocycles. The molecular formula is C32H26F2N2O4. The molecule has 0 saturated carbocycles. The van der Waals surface area contributed by atoms with Crippen molar-refractivity contribution in [2.75, 3.05) is 23.8 Å². The van der Waals surface area contributed by atoms with Crippen molar-refractivity contribution in [1.82, 2.24) is 0 Å². The van der Waals surface area contributed by atoms with Crippen LogP contribution in [0.15, 0.2) is 109 Å². The largest absolute Gasteiger partial charge is 0.488 e. The summed E-state index contributed by atoms with van der Waals surface area (Å²) in [6.45, 7) is 0.343. The minimum Gasteiger partial charge on any atom is -0.488 e. The van der Waals surface area contributed by atoms with E-state index >= 15 is 0 Å². The molecule has 0 aliphatic rings. The Labute approximate surface area is 230 Å². The van der Waals surface area contributed by atoms with Crippen LogP contribution in [0.4, 0.5) is 20.2 Å². The van der Waals surface area contributed by atoms with Gasteiger partial charge >= 0.3 is 0 Å². The molecule has 0 heterocycles. The van der Waals surface area contributed by atoms with Gasteiger partial charge in [-0.1, -0.05) is 48.5 Å². The summed E-state index contributed by atoms with van der Waals surface area (Å²) < 4.78 is 37.7. The first-order chi connectivity index (χ1) is 19.5. The fourth-order valence-corrected chi connectivity index (χ4v) is 3.54. The molecular weight excluding hydrogens is 514 g/mol. The number of nitrogens with one attached hydrogen (secondary N) is 2. The number of rotatable bonds is 11. The Kier molecular flexibility index (Phi) is 9.77. The number of benzene rings is 4. The van der Waals surface area contributed by atoms with Crippen LogP contribution in [-0.2, 0) is 9.59 Å². The predicted molar refractivity (Wildman–Crippen MR) is 152 cm³/mol. The average molecular weight is 541 g/mol. The number of amides is 2. The van der Waals surface area contributed by atoms with E-state index in [2.05, 4.69) is 10.6 Å². The van der Waals surface area contributed by atoms with Crippen LogP contribution in [0.2, 0.25) is 0 Å². The molecule has 4 aromatic rings. The summed E-state index contributed by atoms with van der Waals surface area (Å²) in [6, 6.07) is 25.6. The monoisotopic (exact) mass is 540 g/mol. The highest BCUT2D eigenvalue weighted by molar-refractivity contribution is 6.03. The van der Waals surface area contributed by atoms with E-state index in [0.717, 1.165) is 0 Å². The van der Waals surface area contributed by atoms with Crippen molar-refractivity contribution in [2.45, 2.75) is 0 Å². The molecule has 2 N–H and O–H groups in total. The van der Waals surface area contributed by atoms with E-state index in [-0.39, 0.29) is 36.7 Å². The first-order valence-corrected chi connectivity index (χ1v) is 12.4. The maximum atomic E-state index is 13.0. The summed E-state index contributed by atoms with van der Waals surface area (Å²) in [5.74, 6) is -0.505. The van der Waals surface area contributed by atoms with Crippen LogP contribution < -0.4 is 20.1 Å². The van der Waals surface area contributed by atoms with Crippen molar-refractivity contribution in [3.63, 3.8) is 0 Å². The van der Waals surface area contributed by atoms with Gasteiger partial charge in [-0.15, -0.1) is 0 Å². The van der Waals surface area contributed by atoms with Gasteiger partial charge in [-0.3, -0.25) is 9.59 Å². The van der Waals surface area contributed by atoms with E-state index < -0.39 is 0 Å². The summed E-state index contributed by atoms with van der Waals surface area (Å²) in [5, 5.41) is 5.54. The zero-order chi connectivity index (χ0) is 28.2. The van der Waals surface area contributed by atoms with Gasteiger partial charge in [0, 0.05) is 12.2 Å². The van der Waals surface area contributed by atoms with Crippen LogP contribution in [0, 0.1) is 11.6 Å². The Morgan fingerprint density at radius 1 is 0.575 bits per heavy atom. The maximum Gasteiger partial charge on any atom is 0.248 e. The number of ether oxygens (including phenoxy) is 2. The first kappa shape index (κ1) is 27.8. The van der Waals surface area contributed by atoms with Gasteiger partial charge in [0.1, 0.15) is 36.3 Å². The number of halogens is 2. The van der Waals surface area contributed by atoms with E-state index in [1.54, 1.807) is 84.9 Å². The van der Waals surface area contributed by atoms with E-state index in [4.69, 9.17) is 9.47 Å². The highest BCUT2D eigenvalue weighted by Crippen LogP contribution is 2.26. The maximum absolute atomic E-state index is 13.0. The molecule has 0 spiro atoms. The molecule has 6 nitrogen and oxygen atoms in total. The number of hydrogen-bond acceptors (Lipinski definition) is 4. The molecule has 0 atom stereocenters. The third-order valence-corrected chi connectivity index (χ3v) is 5.48. The lowest BCUT2D eigenvalue weighted by Gasteiger charge is -2.14. The van der Waals surface area contributed by atoms with Gasteiger partial charge in [-0.25, -0.2) is 8.78 Å². The molecule has 0 aliphatic carbocycles. The number of hydrogen-bond donors (Lipinski definition) is 2. The molecule has 40 heavy (non-hydrogen) atoms.